The van der Waals surface area contributed by atoms with Crippen LogP contribution in [0.2, 0.25) is 10.0 Å². The summed E-state index contributed by atoms with van der Waals surface area (Å²) in [7, 11) is -1.81. The topological polar surface area (TPSA) is 49.4 Å². The first-order valence-electron chi connectivity index (χ1n) is 6.51. The fourth-order valence-electron chi connectivity index (χ4n) is 1.93. The third kappa shape index (κ3) is 3.86. The Kier molecular flexibility index (Phi) is 6.75. The highest BCUT2D eigenvalue weighted by Crippen LogP contribution is 2.30. The van der Waals surface area contributed by atoms with Gasteiger partial charge in [0.15, 0.2) is 0 Å². The summed E-state index contributed by atoms with van der Waals surface area (Å²) >= 11 is 12.1. The van der Waals surface area contributed by atoms with Gasteiger partial charge in [-0.2, -0.15) is 4.31 Å². The van der Waals surface area contributed by atoms with Crippen LogP contribution < -0.4 is 5.32 Å². The minimum atomic E-state index is -3.59. The van der Waals surface area contributed by atoms with E-state index in [2.05, 4.69) is 5.32 Å². The smallest absolute Gasteiger partial charge is 0.244 e. The zero-order chi connectivity index (χ0) is 15.3. The normalized spacial score (nSPS) is 12.1. The number of rotatable bonds is 7. The van der Waals surface area contributed by atoms with E-state index in [0.717, 1.165) is 6.42 Å². The molecule has 0 unspecified atom stereocenters. The predicted molar refractivity (Wildman–Crippen MR) is 83.9 cm³/mol. The van der Waals surface area contributed by atoms with Gasteiger partial charge in [0.05, 0.1) is 5.02 Å². The SMILES string of the molecule is CCCN(CC)S(=O)(=O)c1cc(CNC)c(Cl)cc1Cl. The van der Waals surface area contributed by atoms with E-state index in [-0.39, 0.29) is 9.92 Å². The number of benzene rings is 1. The molecule has 0 saturated heterocycles. The molecule has 0 aliphatic rings. The van der Waals surface area contributed by atoms with E-state index in [4.69, 9.17) is 23.2 Å². The van der Waals surface area contributed by atoms with E-state index in [1.54, 1.807) is 13.1 Å². The molecule has 0 radical (unpaired) electrons. The van der Waals surface area contributed by atoms with Gasteiger partial charge in [0, 0.05) is 24.7 Å². The number of sulfonamides is 1. The summed E-state index contributed by atoms with van der Waals surface area (Å²) in [4.78, 5) is 0.115. The molecule has 0 atom stereocenters. The van der Waals surface area contributed by atoms with Gasteiger partial charge in [-0.25, -0.2) is 8.42 Å². The first-order valence-corrected chi connectivity index (χ1v) is 8.70. The Bertz CT molecular complexity index is 562. The van der Waals surface area contributed by atoms with Crippen molar-refractivity contribution in [3.8, 4) is 0 Å². The van der Waals surface area contributed by atoms with Crippen LogP contribution in [-0.4, -0.2) is 32.9 Å². The molecule has 0 bridgehead atoms. The van der Waals surface area contributed by atoms with E-state index < -0.39 is 10.0 Å². The Morgan fingerprint density at radius 1 is 1.20 bits per heavy atom. The maximum Gasteiger partial charge on any atom is 0.244 e. The molecule has 0 amide bonds. The standard InChI is InChI=1S/C13H20Cl2N2O2S/c1-4-6-17(5-2)20(18,19)13-7-10(9-16-3)11(14)8-12(13)15/h7-8,16H,4-6,9H2,1-3H3. The van der Waals surface area contributed by atoms with Crippen LogP contribution in [0.15, 0.2) is 17.0 Å². The van der Waals surface area contributed by atoms with Crippen LogP contribution in [0.5, 0.6) is 0 Å². The molecule has 7 heteroatoms. The van der Waals surface area contributed by atoms with Crippen molar-refractivity contribution in [1.82, 2.24) is 9.62 Å². The number of nitrogens with zero attached hydrogens (tertiary/aromatic N) is 1. The number of nitrogens with one attached hydrogen (secondary N) is 1. The molecule has 20 heavy (non-hydrogen) atoms. The summed E-state index contributed by atoms with van der Waals surface area (Å²) in [5.74, 6) is 0. The average molecular weight is 339 g/mol. The van der Waals surface area contributed by atoms with Crippen molar-refractivity contribution in [2.75, 3.05) is 20.1 Å². The minimum Gasteiger partial charge on any atom is -0.316 e. The highest BCUT2D eigenvalue weighted by molar-refractivity contribution is 7.89. The van der Waals surface area contributed by atoms with Crippen LogP contribution in [0.4, 0.5) is 0 Å². The maximum atomic E-state index is 12.6. The molecule has 0 saturated carbocycles. The van der Waals surface area contributed by atoms with Gasteiger partial charge in [-0.1, -0.05) is 37.0 Å². The molecular formula is C13H20Cl2N2O2S. The van der Waals surface area contributed by atoms with Crippen molar-refractivity contribution in [2.45, 2.75) is 31.7 Å². The lowest BCUT2D eigenvalue weighted by Crippen LogP contribution is -2.32. The molecule has 0 fully saturated rings. The van der Waals surface area contributed by atoms with Crippen LogP contribution >= 0.6 is 23.2 Å². The summed E-state index contributed by atoms with van der Waals surface area (Å²) < 4.78 is 26.7. The Hall–Kier alpha value is -0.330. The Labute approximate surface area is 131 Å². The van der Waals surface area contributed by atoms with Crippen LogP contribution in [-0.2, 0) is 16.6 Å². The van der Waals surface area contributed by atoms with Crippen molar-refractivity contribution in [1.29, 1.82) is 0 Å². The highest BCUT2D eigenvalue weighted by Gasteiger charge is 2.26. The van der Waals surface area contributed by atoms with Gasteiger partial charge >= 0.3 is 0 Å². The average Bonchev–Trinajstić information content (AvgIpc) is 2.38. The molecule has 0 aromatic heterocycles. The number of hydrogen-bond donors (Lipinski definition) is 1. The monoisotopic (exact) mass is 338 g/mol. The lowest BCUT2D eigenvalue weighted by Gasteiger charge is -2.21. The summed E-state index contributed by atoms with van der Waals surface area (Å²) in [5.41, 5.74) is 0.713. The van der Waals surface area contributed by atoms with Gasteiger partial charge in [-0.05, 0) is 31.2 Å². The molecule has 1 aromatic rings. The van der Waals surface area contributed by atoms with Gasteiger partial charge < -0.3 is 5.32 Å². The molecule has 0 aliphatic heterocycles. The summed E-state index contributed by atoms with van der Waals surface area (Å²) in [6.07, 6.45) is 0.752. The first-order chi connectivity index (χ1) is 9.38. The van der Waals surface area contributed by atoms with E-state index in [1.807, 2.05) is 13.8 Å². The molecule has 114 valence electrons. The van der Waals surface area contributed by atoms with Gasteiger partial charge in [-0.3, -0.25) is 0 Å². The fraction of sp³-hybridized carbons (Fsp3) is 0.538. The third-order valence-corrected chi connectivity index (χ3v) is 5.70. The Morgan fingerprint density at radius 2 is 1.85 bits per heavy atom. The van der Waals surface area contributed by atoms with Gasteiger partial charge in [0.1, 0.15) is 4.90 Å². The van der Waals surface area contributed by atoms with Gasteiger partial charge in [0.2, 0.25) is 10.0 Å². The summed E-state index contributed by atoms with van der Waals surface area (Å²) in [5, 5.41) is 3.57. The Morgan fingerprint density at radius 3 is 2.35 bits per heavy atom. The molecular weight excluding hydrogens is 319 g/mol. The summed E-state index contributed by atoms with van der Waals surface area (Å²) in [6, 6.07) is 3.04. The zero-order valence-corrected chi connectivity index (χ0v) is 14.2. The van der Waals surface area contributed by atoms with E-state index in [0.29, 0.717) is 30.2 Å². The lowest BCUT2D eigenvalue weighted by atomic mass is 10.2. The molecule has 1 rings (SSSR count). The molecule has 1 N–H and O–H groups in total. The highest BCUT2D eigenvalue weighted by atomic mass is 35.5. The molecule has 0 spiro atoms. The Balaban J connectivity index is 3.33. The number of hydrogen-bond acceptors (Lipinski definition) is 3. The van der Waals surface area contributed by atoms with Gasteiger partial charge in [-0.15, -0.1) is 0 Å². The third-order valence-electron chi connectivity index (χ3n) is 2.91. The fourth-order valence-corrected chi connectivity index (χ4v) is 4.31. The van der Waals surface area contributed by atoms with Crippen LogP contribution in [0.25, 0.3) is 0 Å². The van der Waals surface area contributed by atoms with Crippen molar-refractivity contribution in [3.05, 3.63) is 27.7 Å². The molecule has 0 aliphatic carbocycles. The van der Waals surface area contributed by atoms with E-state index in [1.165, 1.54) is 10.4 Å². The summed E-state index contributed by atoms with van der Waals surface area (Å²) in [6.45, 7) is 5.12. The van der Waals surface area contributed by atoms with Crippen molar-refractivity contribution in [3.63, 3.8) is 0 Å². The van der Waals surface area contributed by atoms with E-state index >= 15 is 0 Å². The maximum absolute atomic E-state index is 12.6. The van der Waals surface area contributed by atoms with Crippen molar-refractivity contribution >= 4 is 33.2 Å². The second-order valence-corrected chi connectivity index (χ2v) is 7.12. The predicted octanol–water partition coefficient (Wildman–Crippen LogP) is 3.13. The van der Waals surface area contributed by atoms with Crippen LogP contribution in [0.1, 0.15) is 25.8 Å². The second kappa shape index (κ2) is 7.61. The van der Waals surface area contributed by atoms with Gasteiger partial charge in [0.25, 0.3) is 0 Å². The largest absolute Gasteiger partial charge is 0.316 e. The number of halogens is 2. The van der Waals surface area contributed by atoms with Crippen molar-refractivity contribution in [2.24, 2.45) is 0 Å². The minimum absolute atomic E-state index is 0.115. The first kappa shape index (κ1) is 17.7. The molecule has 4 nitrogen and oxygen atoms in total. The van der Waals surface area contributed by atoms with Crippen molar-refractivity contribution < 1.29 is 8.42 Å². The van der Waals surface area contributed by atoms with Crippen LogP contribution in [0.3, 0.4) is 0 Å². The lowest BCUT2D eigenvalue weighted by molar-refractivity contribution is 0.427. The zero-order valence-electron chi connectivity index (χ0n) is 11.9. The van der Waals surface area contributed by atoms with E-state index in [9.17, 15) is 8.42 Å². The molecule has 1 aromatic carbocycles. The second-order valence-electron chi connectivity index (χ2n) is 4.40. The quantitative estimate of drug-likeness (QED) is 0.830. The molecule has 0 heterocycles. The van der Waals surface area contributed by atoms with Crippen LogP contribution in [0, 0.1) is 0 Å².